The van der Waals surface area contributed by atoms with Crippen molar-refractivity contribution < 1.29 is 9.66 Å². The highest BCUT2D eigenvalue weighted by Crippen LogP contribution is 2.30. The monoisotopic (exact) mass is 258 g/mol. The van der Waals surface area contributed by atoms with Gasteiger partial charge in [0.15, 0.2) is 0 Å². The minimum absolute atomic E-state index is 0.119. The average molecular weight is 258 g/mol. The van der Waals surface area contributed by atoms with Gasteiger partial charge in [0.05, 0.1) is 4.92 Å². The van der Waals surface area contributed by atoms with Crippen molar-refractivity contribution in [3.05, 3.63) is 58.4 Å². The van der Waals surface area contributed by atoms with Crippen LogP contribution in [0.1, 0.15) is 5.69 Å². The van der Waals surface area contributed by atoms with Crippen LogP contribution in [0.4, 0.5) is 5.69 Å². The molecule has 1 heterocycles. The first-order valence-electron chi connectivity index (χ1n) is 5.29. The zero-order chi connectivity index (χ0) is 13.8. The van der Waals surface area contributed by atoms with Crippen molar-refractivity contribution in [1.29, 1.82) is 5.41 Å². The number of nitro groups is 1. The van der Waals surface area contributed by atoms with Crippen molar-refractivity contribution in [3.8, 4) is 11.5 Å². The Morgan fingerprint density at radius 1 is 1.37 bits per heavy atom. The lowest BCUT2D eigenvalue weighted by Crippen LogP contribution is -2.12. The number of para-hydroxylation sites is 2. The molecule has 3 N–H and O–H groups in total. The molecular weight excluding hydrogens is 248 g/mol. The fraction of sp³-hybridized carbons (Fsp3) is 0. The molecule has 96 valence electrons. The lowest BCUT2D eigenvalue weighted by Gasteiger charge is -2.06. The third-order valence-electron chi connectivity index (χ3n) is 2.30. The number of nitrogen functional groups attached to an aromatic ring is 1. The van der Waals surface area contributed by atoms with E-state index in [0.717, 1.165) is 0 Å². The van der Waals surface area contributed by atoms with Crippen LogP contribution in [0, 0.1) is 15.5 Å². The fourth-order valence-electron chi connectivity index (χ4n) is 1.44. The molecule has 0 aliphatic carbocycles. The molecule has 7 heteroatoms. The van der Waals surface area contributed by atoms with Crippen LogP contribution >= 0.6 is 0 Å². The number of nitro benzene ring substituents is 1. The zero-order valence-electron chi connectivity index (χ0n) is 9.74. The Kier molecular flexibility index (Phi) is 3.37. The van der Waals surface area contributed by atoms with Gasteiger partial charge in [0, 0.05) is 18.3 Å². The van der Waals surface area contributed by atoms with Gasteiger partial charge in [-0.1, -0.05) is 12.1 Å². The van der Waals surface area contributed by atoms with Gasteiger partial charge in [0.25, 0.3) is 0 Å². The quantitative estimate of drug-likeness (QED) is 0.377. The highest BCUT2D eigenvalue weighted by atomic mass is 16.6. The molecule has 1 aromatic heterocycles. The van der Waals surface area contributed by atoms with Crippen LogP contribution in [0.15, 0.2) is 42.6 Å². The number of hydrogen-bond acceptors (Lipinski definition) is 5. The van der Waals surface area contributed by atoms with Crippen LogP contribution in [0.3, 0.4) is 0 Å². The van der Waals surface area contributed by atoms with Gasteiger partial charge in [-0.3, -0.25) is 20.5 Å². The number of hydrogen-bond donors (Lipinski definition) is 2. The Morgan fingerprint density at radius 2 is 2.11 bits per heavy atom. The highest BCUT2D eigenvalue weighted by Gasteiger charge is 2.14. The molecule has 2 rings (SSSR count). The number of nitrogens with one attached hydrogen (secondary N) is 1. The van der Waals surface area contributed by atoms with E-state index in [4.69, 9.17) is 15.9 Å². The number of amidine groups is 1. The largest absolute Gasteiger partial charge is 0.450 e. The fourth-order valence-corrected chi connectivity index (χ4v) is 1.44. The molecule has 0 bridgehead atoms. The molecule has 7 nitrogen and oxygen atoms in total. The number of benzene rings is 1. The number of pyridine rings is 1. The van der Waals surface area contributed by atoms with E-state index < -0.39 is 4.92 Å². The first kappa shape index (κ1) is 12.5. The predicted molar refractivity (Wildman–Crippen MR) is 68.4 cm³/mol. The van der Waals surface area contributed by atoms with Crippen molar-refractivity contribution in [2.24, 2.45) is 5.73 Å². The molecule has 0 saturated heterocycles. The summed E-state index contributed by atoms with van der Waals surface area (Å²) in [5.74, 6) is 0.246. The van der Waals surface area contributed by atoms with E-state index in [9.17, 15) is 10.1 Å². The lowest BCUT2D eigenvalue weighted by atomic mass is 10.3. The van der Waals surface area contributed by atoms with Gasteiger partial charge in [-0.25, -0.2) is 0 Å². The van der Waals surface area contributed by atoms with E-state index in [1.54, 1.807) is 12.1 Å². The Morgan fingerprint density at radius 3 is 2.79 bits per heavy atom. The molecule has 0 aliphatic rings. The molecule has 19 heavy (non-hydrogen) atoms. The number of rotatable bonds is 4. The van der Waals surface area contributed by atoms with Crippen molar-refractivity contribution in [3.63, 3.8) is 0 Å². The van der Waals surface area contributed by atoms with Crippen molar-refractivity contribution in [2.45, 2.75) is 0 Å². The summed E-state index contributed by atoms with van der Waals surface area (Å²) in [6.07, 6.45) is 1.42. The maximum absolute atomic E-state index is 10.8. The maximum atomic E-state index is 10.8. The van der Waals surface area contributed by atoms with Crippen molar-refractivity contribution in [1.82, 2.24) is 4.98 Å². The van der Waals surface area contributed by atoms with E-state index in [0.29, 0.717) is 5.75 Å². The standard InChI is InChI=1S/C12H10N4O3/c13-12(14)9-7-8(5-6-15-9)19-11-4-2-1-3-10(11)16(17)18/h1-7H,(H3,13,14). The van der Waals surface area contributed by atoms with Crippen molar-refractivity contribution in [2.75, 3.05) is 0 Å². The van der Waals surface area contributed by atoms with Gasteiger partial charge in [-0.15, -0.1) is 0 Å². The first-order chi connectivity index (χ1) is 9.08. The summed E-state index contributed by atoms with van der Waals surface area (Å²) in [5.41, 5.74) is 5.42. The Bertz CT molecular complexity index is 642. The minimum atomic E-state index is -0.525. The summed E-state index contributed by atoms with van der Waals surface area (Å²) < 4.78 is 5.43. The van der Waals surface area contributed by atoms with Gasteiger partial charge in [-0.05, 0) is 12.1 Å². The summed E-state index contributed by atoms with van der Waals surface area (Å²) in [6, 6.07) is 9.00. The van der Waals surface area contributed by atoms with E-state index in [-0.39, 0.29) is 23.0 Å². The maximum Gasteiger partial charge on any atom is 0.311 e. The average Bonchev–Trinajstić information content (AvgIpc) is 2.39. The lowest BCUT2D eigenvalue weighted by molar-refractivity contribution is -0.385. The van der Waals surface area contributed by atoms with Gasteiger partial charge in [0.2, 0.25) is 5.75 Å². The number of nitrogens with zero attached hydrogens (tertiary/aromatic N) is 2. The third-order valence-corrected chi connectivity index (χ3v) is 2.30. The molecular formula is C12H10N4O3. The molecule has 2 aromatic rings. The van der Waals surface area contributed by atoms with Gasteiger partial charge in [-0.2, -0.15) is 0 Å². The van der Waals surface area contributed by atoms with Gasteiger partial charge < -0.3 is 10.5 Å². The molecule has 0 radical (unpaired) electrons. The second-order valence-corrected chi connectivity index (χ2v) is 3.62. The molecule has 0 atom stereocenters. The van der Waals surface area contributed by atoms with E-state index in [1.165, 1.54) is 30.5 Å². The summed E-state index contributed by atoms with van der Waals surface area (Å²) in [5, 5.41) is 18.1. The van der Waals surface area contributed by atoms with E-state index >= 15 is 0 Å². The molecule has 0 saturated carbocycles. The smallest absolute Gasteiger partial charge is 0.311 e. The topological polar surface area (TPSA) is 115 Å². The van der Waals surface area contributed by atoms with Crippen molar-refractivity contribution >= 4 is 11.5 Å². The third kappa shape index (κ3) is 2.83. The summed E-state index contributed by atoms with van der Waals surface area (Å²) in [6.45, 7) is 0. The van der Waals surface area contributed by atoms with Gasteiger partial charge in [0.1, 0.15) is 17.3 Å². The molecule has 1 aromatic carbocycles. The SMILES string of the molecule is N=C(N)c1cc(Oc2ccccc2[N+](=O)[O-])ccn1. The van der Waals surface area contributed by atoms with Crippen LogP contribution < -0.4 is 10.5 Å². The molecule has 0 aliphatic heterocycles. The molecule has 0 fully saturated rings. The Hall–Kier alpha value is -2.96. The van der Waals surface area contributed by atoms with Crippen LogP contribution in [-0.2, 0) is 0 Å². The highest BCUT2D eigenvalue weighted by molar-refractivity contribution is 5.93. The summed E-state index contributed by atoms with van der Waals surface area (Å²) in [7, 11) is 0. The zero-order valence-corrected chi connectivity index (χ0v) is 9.74. The normalized spacial score (nSPS) is 9.89. The Balaban J connectivity index is 2.34. The molecule has 0 spiro atoms. The number of nitrogens with two attached hydrogens (primary N) is 1. The molecule has 0 unspecified atom stereocenters. The number of ether oxygens (including phenoxy) is 1. The predicted octanol–water partition coefficient (Wildman–Crippen LogP) is 2.07. The Labute approximate surface area is 108 Å². The van der Waals surface area contributed by atoms with E-state index in [1.807, 2.05) is 0 Å². The second kappa shape index (κ2) is 5.13. The van der Waals surface area contributed by atoms with Crippen LogP contribution in [0.5, 0.6) is 11.5 Å². The second-order valence-electron chi connectivity index (χ2n) is 3.62. The van der Waals surface area contributed by atoms with Crippen LogP contribution in [0.2, 0.25) is 0 Å². The van der Waals surface area contributed by atoms with Gasteiger partial charge >= 0.3 is 5.69 Å². The number of aromatic nitrogens is 1. The van der Waals surface area contributed by atoms with Crippen LogP contribution in [0.25, 0.3) is 0 Å². The van der Waals surface area contributed by atoms with Crippen LogP contribution in [-0.4, -0.2) is 15.7 Å². The summed E-state index contributed by atoms with van der Waals surface area (Å²) in [4.78, 5) is 14.2. The molecule has 0 amide bonds. The first-order valence-corrected chi connectivity index (χ1v) is 5.29. The van der Waals surface area contributed by atoms with E-state index in [2.05, 4.69) is 4.98 Å². The minimum Gasteiger partial charge on any atom is -0.450 e. The summed E-state index contributed by atoms with van der Waals surface area (Å²) >= 11 is 0.